The summed E-state index contributed by atoms with van der Waals surface area (Å²) in [5, 5.41) is 3.38. The Hall–Kier alpha value is -1.00. The van der Waals surface area contributed by atoms with Crippen molar-refractivity contribution < 1.29 is 0 Å². The smallest absolute Gasteiger partial charge is 0.128 e. The normalized spacial score (nSPS) is 17.0. The zero-order valence-corrected chi connectivity index (χ0v) is 11.6. The van der Waals surface area contributed by atoms with E-state index < -0.39 is 0 Å². The molecule has 2 rings (SSSR count). The van der Waals surface area contributed by atoms with Crippen molar-refractivity contribution in [2.24, 2.45) is 0 Å². The Kier molecular flexibility index (Phi) is 5.08. The van der Waals surface area contributed by atoms with Crippen LogP contribution in [0.15, 0.2) is 6.07 Å². The Morgan fingerprint density at radius 2 is 2.06 bits per heavy atom. The van der Waals surface area contributed by atoms with Crippen LogP contribution in [0.1, 0.15) is 30.6 Å². The predicted molar refractivity (Wildman–Crippen MR) is 73.8 cm³/mol. The summed E-state index contributed by atoms with van der Waals surface area (Å²) in [6.45, 7) is 9.97. The molecule has 4 nitrogen and oxygen atoms in total. The molecular formula is C14H24N4. The molecule has 0 atom stereocenters. The molecule has 1 aliphatic rings. The van der Waals surface area contributed by atoms with Gasteiger partial charge in [-0.1, -0.05) is 6.92 Å². The maximum Gasteiger partial charge on any atom is 0.128 e. The molecule has 0 aliphatic carbocycles. The van der Waals surface area contributed by atoms with Gasteiger partial charge in [-0.3, -0.25) is 0 Å². The van der Waals surface area contributed by atoms with E-state index in [1.807, 2.05) is 0 Å². The highest BCUT2D eigenvalue weighted by Crippen LogP contribution is 2.05. The molecule has 0 spiro atoms. The van der Waals surface area contributed by atoms with Gasteiger partial charge in [0.1, 0.15) is 5.82 Å². The van der Waals surface area contributed by atoms with Crippen LogP contribution < -0.4 is 5.32 Å². The first-order valence-electron chi connectivity index (χ1n) is 7.04. The van der Waals surface area contributed by atoms with Crippen LogP contribution in [0.2, 0.25) is 0 Å². The molecule has 0 amide bonds. The molecule has 0 radical (unpaired) electrons. The number of hydrogen-bond donors (Lipinski definition) is 1. The monoisotopic (exact) mass is 248 g/mol. The van der Waals surface area contributed by atoms with Crippen LogP contribution in [0.5, 0.6) is 0 Å². The van der Waals surface area contributed by atoms with Gasteiger partial charge in [0.2, 0.25) is 0 Å². The summed E-state index contributed by atoms with van der Waals surface area (Å²) in [4.78, 5) is 11.6. The van der Waals surface area contributed by atoms with Crippen LogP contribution >= 0.6 is 0 Å². The van der Waals surface area contributed by atoms with Gasteiger partial charge in [-0.2, -0.15) is 0 Å². The van der Waals surface area contributed by atoms with Crippen molar-refractivity contribution in [2.75, 3.05) is 32.7 Å². The van der Waals surface area contributed by atoms with E-state index in [-0.39, 0.29) is 0 Å². The first-order chi connectivity index (χ1) is 8.78. The van der Waals surface area contributed by atoms with E-state index in [2.05, 4.69) is 40.1 Å². The van der Waals surface area contributed by atoms with E-state index >= 15 is 0 Å². The lowest BCUT2D eigenvalue weighted by molar-refractivity contribution is 0.238. The summed E-state index contributed by atoms with van der Waals surface area (Å²) in [6.07, 6.45) is 3.15. The number of aromatic nitrogens is 2. The number of aryl methyl sites for hydroxylation is 3. The van der Waals surface area contributed by atoms with Crippen molar-refractivity contribution in [3.05, 3.63) is 23.3 Å². The Morgan fingerprint density at radius 1 is 1.28 bits per heavy atom. The number of nitrogens with one attached hydrogen (secondary N) is 1. The maximum atomic E-state index is 4.59. The van der Waals surface area contributed by atoms with Gasteiger partial charge in [0, 0.05) is 44.0 Å². The molecular weight excluding hydrogens is 224 g/mol. The second-order valence-corrected chi connectivity index (χ2v) is 4.97. The van der Waals surface area contributed by atoms with Gasteiger partial charge in [0.25, 0.3) is 0 Å². The standard InChI is InChI=1S/C14H24N4/c1-3-13-11-12(2)16-14(17-13)5-4-8-18-9-6-15-7-10-18/h11,15H,3-10H2,1-2H3. The van der Waals surface area contributed by atoms with Gasteiger partial charge in [-0.15, -0.1) is 0 Å². The Labute approximate surface area is 110 Å². The SMILES string of the molecule is CCc1cc(C)nc(CCCN2CCNCC2)n1. The van der Waals surface area contributed by atoms with Crippen LogP contribution in [0.25, 0.3) is 0 Å². The zero-order valence-electron chi connectivity index (χ0n) is 11.6. The molecule has 0 aromatic carbocycles. The molecule has 1 aromatic heterocycles. The van der Waals surface area contributed by atoms with Crippen LogP contribution in [0.4, 0.5) is 0 Å². The Balaban J connectivity index is 1.80. The summed E-state index contributed by atoms with van der Waals surface area (Å²) in [7, 11) is 0. The van der Waals surface area contributed by atoms with E-state index in [0.29, 0.717) is 0 Å². The van der Waals surface area contributed by atoms with Crippen LogP contribution in [0, 0.1) is 6.92 Å². The highest BCUT2D eigenvalue weighted by molar-refractivity contribution is 5.10. The average molecular weight is 248 g/mol. The number of nitrogens with zero attached hydrogens (tertiary/aromatic N) is 3. The third kappa shape index (κ3) is 4.03. The number of hydrogen-bond acceptors (Lipinski definition) is 4. The van der Waals surface area contributed by atoms with Gasteiger partial charge in [0.15, 0.2) is 0 Å². The van der Waals surface area contributed by atoms with Gasteiger partial charge in [0.05, 0.1) is 0 Å². The van der Waals surface area contributed by atoms with Crippen LogP contribution in [0.3, 0.4) is 0 Å². The minimum Gasteiger partial charge on any atom is -0.314 e. The van der Waals surface area contributed by atoms with Crippen LogP contribution in [-0.2, 0) is 12.8 Å². The molecule has 0 saturated carbocycles. The highest BCUT2D eigenvalue weighted by Gasteiger charge is 2.09. The Morgan fingerprint density at radius 3 is 2.78 bits per heavy atom. The first-order valence-corrected chi connectivity index (χ1v) is 7.04. The number of rotatable bonds is 5. The van der Waals surface area contributed by atoms with Crippen molar-refractivity contribution in [1.29, 1.82) is 0 Å². The molecule has 2 heterocycles. The lowest BCUT2D eigenvalue weighted by Crippen LogP contribution is -2.43. The molecule has 100 valence electrons. The fourth-order valence-corrected chi connectivity index (χ4v) is 2.39. The Bertz CT molecular complexity index is 372. The van der Waals surface area contributed by atoms with Gasteiger partial charge in [-0.05, 0) is 32.4 Å². The summed E-state index contributed by atoms with van der Waals surface area (Å²) in [5.41, 5.74) is 2.26. The van der Waals surface area contributed by atoms with Crippen molar-refractivity contribution >= 4 is 0 Å². The second kappa shape index (κ2) is 6.81. The molecule has 1 aliphatic heterocycles. The minimum absolute atomic E-state index is 0.994. The lowest BCUT2D eigenvalue weighted by Gasteiger charge is -2.26. The topological polar surface area (TPSA) is 41.1 Å². The van der Waals surface area contributed by atoms with E-state index in [9.17, 15) is 0 Å². The predicted octanol–water partition coefficient (Wildman–Crippen LogP) is 1.19. The van der Waals surface area contributed by atoms with Crippen LogP contribution in [-0.4, -0.2) is 47.6 Å². The summed E-state index contributed by atoms with van der Waals surface area (Å²) in [5.74, 6) is 1.02. The first kappa shape index (κ1) is 13.4. The quantitative estimate of drug-likeness (QED) is 0.850. The highest BCUT2D eigenvalue weighted by atomic mass is 15.2. The fourth-order valence-electron chi connectivity index (χ4n) is 2.39. The van der Waals surface area contributed by atoms with Crippen molar-refractivity contribution in [3.63, 3.8) is 0 Å². The third-order valence-corrected chi connectivity index (χ3v) is 3.40. The third-order valence-electron chi connectivity index (χ3n) is 3.40. The van der Waals surface area contributed by atoms with Crippen molar-refractivity contribution in [2.45, 2.75) is 33.1 Å². The number of piperazine rings is 1. The molecule has 1 N–H and O–H groups in total. The molecule has 1 aromatic rings. The minimum atomic E-state index is 0.994. The molecule has 0 unspecified atom stereocenters. The average Bonchev–Trinajstić information content (AvgIpc) is 2.39. The molecule has 18 heavy (non-hydrogen) atoms. The van der Waals surface area contributed by atoms with Gasteiger partial charge >= 0.3 is 0 Å². The maximum absolute atomic E-state index is 4.59. The summed E-state index contributed by atoms with van der Waals surface area (Å²) in [6, 6.07) is 2.08. The molecule has 1 fully saturated rings. The molecule has 1 saturated heterocycles. The fraction of sp³-hybridized carbons (Fsp3) is 0.714. The van der Waals surface area contributed by atoms with E-state index in [1.165, 1.54) is 25.3 Å². The van der Waals surface area contributed by atoms with E-state index in [1.54, 1.807) is 0 Å². The second-order valence-electron chi connectivity index (χ2n) is 4.97. The van der Waals surface area contributed by atoms with E-state index in [0.717, 1.165) is 43.9 Å². The molecule has 0 bridgehead atoms. The van der Waals surface area contributed by atoms with Gasteiger partial charge < -0.3 is 10.2 Å². The zero-order chi connectivity index (χ0) is 12.8. The largest absolute Gasteiger partial charge is 0.314 e. The summed E-state index contributed by atoms with van der Waals surface area (Å²) < 4.78 is 0. The van der Waals surface area contributed by atoms with E-state index in [4.69, 9.17) is 0 Å². The van der Waals surface area contributed by atoms with Gasteiger partial charge in [-0.25, -0.2) is 9.97 Å². The molecule has 4 heteroatoms. The summed E-state index contributed by atoms with van der Waals surface area (Å²) >= 11 is 0. The van der Waals surface area contributed by atoms with Crippen molar-refractivity contribution in [3.8, 4) is 0 Å². The van der Waals surface area contributed by atoms with Crippen molar-refractivity contribution in [1.82, 2.24) is 20.2 Å². The lowest BCUT2D eigenvalue weighted by atomic mass is 10.2.